The summed E-state index contributed by atoms with van der Waals surface area (Å²) >= 11 is 6.06. The average Bonchev–Trinajstić information content (AvgIpc) is 2.80. The number of hydrogen-bond donors (Lipinski definition) is 1. The molecule has 0 amide bonds. The molecule has 1 aliphatic rings. The van der Waals surface area contributed by atoms with E-state index in [0.29, 0.717) is 10.7 Å². The van der Waals surface area contributed by atoms with Crippen molar-refractivity contribution in [1.29, 1.82) is 0 Å². The van der Waals surface area contributed by atoms with Crippen LogP contribution < -0.4 is 11.0 Å². The Hall–Kier alpha value is -1.63. The van der Waals surface area contributed by atoms with Crippen LogP contribution in [0.3, 0.4) is 0 Å². The minimum atomic E-state index is -0.0158. The smallest absolute Gasteiger partial charge is 0.317 e. The minimum Gasteiger partial charge on any atom is -0.317 e. The quantitative estimate of drug-likeness (QED) is 0.681. The van der Waals surface area contributed by atoms with Crippen LogP contribution in [0.4, 0.5) is 0 Å². The van der Waals surface area contributed by atoms with Gasteiger partial charge in [0.2, 0.25) is 0 Å². The predicted octanol–water partition coefficient (Wildman–Crippen LogP) is 2.28. The van der Waals surface area contributed by atoms with Crippen molar-refractivity contribution in [3.63, 3.8) is 0 Å². The van der Waals surface area contributed by atoms with Gasteiger partial charge in [0.25, 0.3) is 0 Å². The Morgan fingerprint density at radius 3 is 2.78 bits per heavy atom. The first-order chi connectivity index (χ1) is 10.7. The highest BCUT2D eigenvalue weighted by atomic mass is 35.5. The predicted molar refractivity (Wildman–Crippen MR) is 93.7 cm³/mol. The molecule has 1 aliphatic heterocycles. The van der Waals surface area contributed by atoms with E-state index in [9.17, 15) is 4.79 Å². The lowest BCUT2D eigenvalue weighted by Gasteiger charge is -2.24. The number of aryl methyl sites for hydroxylation is 1. The molecule has 1 N–H and O–H groups in total. The van der Waals surface area contributed by atoms with Gasteiger partial charge < -0.3 is 5.32 Å². The van der Waals surface area contributed by atoms with Crippen molar-refractivity contribution in [1.82, 2.24) is 24.4 Å². The van der Waals surface area contributed by atoms with Crippen molar-refractivity contribution in [2.75, 3.05) is 13.1 Å². The highest BCUT2D eigenvalue weighted by molar-refractivity contribution is 6.30. The Balaban J connectivity index is 0.00000156. The first-order valence-corrected chi connectivity index (χ1v) is 7.77. The van der Waals surface area contributed by atoms with Crippen LogP contribution in [0.2, 0.25) is 5.15 Å². The molecule has 6 nitrogen and oxygen atoms in total. The van der Waals surface area contributed by atoms with E-state index in [0.717, 1.165) is 42.5 Å². The molecule has 0 bridgehead atoms. The van der Waals surface area contributed by atoms with Crippen LogP contribution in [-0.4, -0.2) is 32.2 Å². The third kappa shape index (κ3) is 2.51. The molecular formula is C15H17Cl2N5O. The van der Waals surface area contributed by atoms with Crippen LogP contribution in [0.25, 0.3) is 22.1 Å². The van der Waals surface area contributed by atoms with E-state index < -0.39 is 0 Å². The molecule has 0 radical (unpaired) electrons. The second-order valence-electron chi connectivity index (χ2n) is 5.69. The van der Waals surface area contributed by atoms with E-state index >= 15 is 0 Å². The van der Waals surface area contributed by atoms with Crippen molar-refractivity contribution in [2.45, 2.75) is 18.9 Å². The lowest BCUT2D eigenvalue weighted by Crippen LogP contribution is -2.34. The number of nitrogens with one attached hydrogen (secondary N) is 1. The maximum absolute atomic E-state index is 12.7. The third-order valence-electron chi connectivity index (χ3n) is 4.40. The lowest BCUT2D eigenvalue weighted by atomic mass is 10.1. The topological polar surface area (TPSA) is 64.7 Å². The van der Waals surface area contributed by atoms with Crippen LogP contribution in [0.1, 0.15) is 18.9 Å². The molecule has 3 aromatic rings. The fraction of sp³-hybridized carbons (Fsp3) is 0.400. The zero-order chi connectivity index (χ0) is 15.3. The first kappa shape index (κ1) is 16.2. The van der Waals surface area contributed by atoms with Gasteiger partial charge in [0.15, 0.2) is 0 Å². The zero-order valence-electron chi connectivity index (χ0n) is 12.6. The summed E-state index contributed by atoms with van der Waals surface area (Å²) in [7, 11) is 1.78. The second-order valence-corrected chi connectivity index (χ2v) is 6.07. The van der Waals surface area contributed by atoms with Gasteiger partial charge in [-0.15, -0.1) is 12.4 Å². The number of imidazole rings is 1. The van der Waals surface area contributed by atoms with Crippen molar-refractivity contribution >= 4 is 46.1 Å². The first-order valence-electron chi connectivity index (χ1n) is 7.39. The minimum absolute atomic E-state index is 0. The molecule has 0 atom stereocenters. The van der Waals surface area contributed by atoms with Crippen LogP contribution in [-0.2, 0) is 7.05 Å². The Bertz CT molecular complexity index is 927. The number of halogens is 2. The van der Waals surface area contributed by atoms with E-state index in [2.05, 4.69) is 15.3 Å². The molecule has 0 aromatic carbocycles. The van der Waals surface area contributed by atoms with Crippen LogP contribution in [0.5, 0.6) is 0 Å². The van der Waals surface area contributed by atoms with E-state index in [1.54, 1.807) is 23.9 Å². The molecule has 3 aromatic heterocycles. The van der Waals surface area contributed by atoms with E-state index in [4.69, 9.17) is 11.6 Å². The number of rotatable bonds is 1. The standard InChI is InChI=1S/C15H16ClN5O.ClH/c1-20-11-8-18-10-2-3-12(16)19-13(10)14(11)21(15(20)22)9-4-6-17-7-5-9;/h2-3,8-9,17H,4-7H2,1H3;1H. The lowest BCUT2D eigenvalue weighted by molar-refractivity contribution is 0.366. The average molecular weight is 354 g/mol. The summed E-state index contributed by atoms with van der Waals surface area (Å²) in [6, 6.07) is 3.75. The van der Waals surface area contributed by atoms with Crippen molar-refractivity contribution < 1.29 is 0 Å². The molecule has 1 saturated heterocycles. The molecule has 23 heavy (non-hydrogen) atoms. The zero-order valence-corrected chi connectivity index (χ0v) is 14.2. The van der Waals surface area contributed by atoms with Crippen LogP contribution in [0, 0.1) is 0 Å². The highest BCUT2D eigenvalue weighted by Crippen LogP contribution is 2.27. The summed E-state index contributed by atoms with van der Waals surface area (Å²) in [6.07, 6.45) is 3.61. The van der Waals surface area contributed by atoms with Crippen molar-refractivity contribution in [3.8, 4) is 0 Å². The summed E-state index contributed by atoms with van der Waals surface area (Å²) in [4.78, 5) is 21.6. The Morgan fingerprint density at radius 1 is 1.30 bits per heavy atom. The number of nitrogens with zero attached hydrogens (tertiary/aromatic N) is 4. The molecule has 4 heterocycles. The molecule has 122 valence electrons. The summed E-state index contributed by atoms with van der Waals surface area (Å²) in [5, 5.41) is 3.75. The summed E-state index contributed by atoms with van der Waals surface area (Å²) in [5.74, 6) is 0. The SMILES string of the molecule is Cl.Cn1c(=O)n(C2CCNCC2)c2c3nc(Cl)ccc3ncc21. The van der Waals surface area contributed by atoms with Gasteiger partial charge in [-0.3, -0.25) is 14.1 Å². The third-order valence-corrected chi connectivity index (χ3v) is 4.61. The number of pyridine rings is 2. The van der Waals surface area contributed by atoms with Gasteiger partial charge >= 0.3 is 5.69 Å². The monoisotopic (exact) mass is 353 g/mol. The number of hydrogen-bond acceptors (Lipinski definition) is 4. The second kappa shape index (κ2) is 6.11. The van der Waals surface area contributed by atoms with Crippen LogP contribution in [0.15, 0.2) is 23.1 Å². The molecule has 8 heteroatoms. The number of piperidine rings is 1. The molecular weight excluding hydrogens is 337 g/mol. The number of aromatic nitrogens is 4. The number of fused-ring (bicyclic) bond motifs is 3. The van der Waals surface area contributed by atoms with Crippen molar-refractivity contribution in [3.05, 3.63) is 34.0 Å². The fourth-order valence-electron chi connectivity index (χ4n) is 3.27. The maximum Gasteiger partial charge on any atom is 0.329 e. The van der Waals surface area contributed by atoms with Crippen molar-refractivity contribution in [2.24, 2.45) is 7.05 Å². The van der Waals surface area contributed by atoms with Gasteiger partial charge in [0, 0.05) is 13.1 Å². The molecule has 4 rings (SSSR count). The van der Waals surface area contributed by atoms with Crippen LogP contribution >= 0.6 is 24.0 Å². The molecule has 0 aliphatic carbocycles. The molecule has 0 saturated carbocycles. The Morgan fingerprint density at radius 2 is 2.04 bits per heavy atom. The Labute approximate surface area is 143 Å². The van der Waals surface area contributed by atoms with Gasteiger partial charge in [0.1, 0.15) is 10.7 Å². The maximum atomic E-state index is 12.7. The van der Waals surface area contributed by atoms with Gasteiger partial charge in [-0.2, -0.15) is 0 Å². The Kier molecular flexibility index (Phi) is 4.31. The van der Waals surface area contributed by atoms with Gasteiger partial charge in [0.05, 0.1) is 22.7 Å². The largest absolute Gasteiger partial charge is 0.329 e. The fourth-order valence-corrected chi connectivity index (χ4v) is 3.41. The molecule has 1 fully saturated rings. The molecule has 0 unspecified atom stereocenters. The molecule has 0 spiro atoms. The van der Waals surface area contributed by atoms with Gasteiger partial charge in [-0.25, -0.2) is 9.78 Å². The normalized spacial score (nSPS) is 15.9. The van der Waals surface area contributed by atoms with E-state index in [1.807, 2.05) is 10.6 Å². The van der Waals surface area contributed by atoms with Gasteiger partial charge in [-0.1, -0.05) is 11.6 Å². The highest BCUT2D eigenvalue weighted by Gasteiger charge is 2.23. The van der Waals surface area contributed by atoms with E-state index in [1.165, 1.54) is 0 Å². The van der Waals surface area contributed by atoms with Gasteiger partial charge in [-0.05, 0) is 38.1 Å². The summed E-state index contributed by atoms with van der Waals surface area (Å²) in [5.41, 5.74) is 3.07. The summed E-state index contributed by atoms with van der Waals surface area (Å²) in [6.45, 7) is 1.84. The van der Waals surface area contributed by atoms with E-state index in [-0.39, 0.29) is 24.1 Å². The summed E-state index contributed by atoms with van der Waals surface area (Å²) < 4.78 is 3.52.